The van der Waals surface area contributed by atoms with Crippen molar-refractivity contribution in [1.82, 2.24) is 15.5 Å². The molecule has 2 atom stereocenters. The monoisotopic (exact) mass is 369 g/mol. The zero-order valence-corrected chi connectivity index (χ0v) is 15.3. The number of benzene rings is 1. The van der Waals surface area contributed by atoms with Crippen molar-refractivity contribution in [3.05, 3.63) is 52.7 Å². The van der Waals surface area contributed by atoms with E-state index in [0.717, 1.165) is 30.8 Å². The second-order valence-electron chi connectivity index (χ2n) is 6.46. The molecule has 1 N–H and O–H groups in total. The van der Waals surface area contributed by atoms with Gasteiger partial charge in [0.25, 0.3) is 0 Å². The van der Waals surface area contributed by atoms with E-state index < -0.39 is 0 Å². The lowest BCUT2D eigenvalue weighted by molar-refractivity contribution is -0.125. The van der Waals surface area contributed by atoms with E-state index in [-0.39, 0.29) is 17.9 Å². The molecule has 134 valence electrons. The van der Waals surface area contributed by atoms with Crippen molar-refractivity contribution < 1.29 is 4.79 Å². The molecule has 7 heteroatoms. The molecule has 0 radical (unpaired) electrons. The van der Waals surface area contributed by atoms with Gasteiger partial charge in [-0.1, -0.05) is 23.7 Å². The number of aromatic nitrogens is 2. The summed E-state index contributed by atoms with van der Waals surface area (Å²) in [4.78, 5) is 14.8. The first-order valence-electron chi connectivity index (χ1n) is 8.61. The number of nitrogens with zero attached hydrogens (tertiary/aromatic N) is 4. The van der Waals surface area contributed by atoms with Crippen LogP contribution in [-0.2, 0) is 4.79 Å². The normalized spacial score (nSPS) is 18.0. The van der Waals surface area contributed by atoms with Crippen LogP contribution in [0.4, 0.5) is 5.82 Å². The minimum absolute atomic E-state index is 0.0356. The fourth-order valence-electron chi connectivity index (χ4n) is 3.14. The Bertz CT molecular complexity index is 800. The zero-order valence-electron chi connectivity index (χ0n) is 14.5. The first-order valence-corrected chi connectivity index (χ1v) is 8.99. The Balaban J connectivity index is 1.61. The number of carbonyl (C=O) groups is 1. The summed E-state index contributed by atoms with van der Waals surface area (Å²) < 4.78 is 0. The van der Waals surface area contributed by atoms with Crippen molar-refractivity contribution >= 4 is 23.3 Å². The summed E-state index contributed by atoms with van der Waals surface area (Å²) in [6.07, 6.45) is 1.77. The summed E-state index contributed by atoms with van der Waals surface area (Å²) in [5, 5.41) is 20.3. The highest BCUT2D eigenvalue weighted by atomic mass is 35.5. The lowest BCUT2D eigenvalue weighted by Gasteiger charge is -2.33. The highest BCUT2D eigenvalue weighted by Gasteiger charge is 2.27. The van der Waals surface area contributed by atoms with Gasteiger partial charge in [0.15, 0.2) is 11.0 Å². The number of piperidine rings is 1. The second-order valence-corrected chi connectivity index (χ2v) is 6.85. The third-order valence-corrected chi connectivity index (χ3v) is 4.83. The maximum Gasteiger partial charge on any atom is 0.225 e. The molecule has 1 saturated heterocycles. The van der Waals surface area contributed by atoms with Crippen LogP contribution in [0.25, 0.3) is 0 Å². The van der Waals surface area contributed by atoms with E-state index in [1.165, 1.54) is 0 Å². The molecule has 0 bridgehead atoms. The van der Waals surface area contributed by atoms with Gasteiger partial charge in [-0.3, -0.25) is 4.79 Å². The van der Waals surface area contributed by atoms with Gasteiger partial charge in [-0.05, 0) is 49.6 Å². The van der Waals surface area contributed by atoms with Gasteiger partial charge in [0.1, 0.15) is 0 Å². The maximum absolute atomic E-state index is 12.7. The molecule has 6 nitrogen and oxygen atoms in total. The number of nitrogens with one attached hydrogen (secondary N) is 1. The van der Waals surface area contributed by atoms with E-state index in [1.807, 2.05) is 25.1 Å². The molecule has 1 aromatic heterocycles. The third kappa shape index (κ3) is 4.30. The molecule has 2 unspecified atom stereocenters. The van der Waals surface area contributed by atoms with E-state index >= 15 is 0 Å². The molecule has 0 saturated carbocycles. The van der Waals surface area contributed by atoms with Gasteiger partial charge in [0.2, 0.25) is 5.91 Å². The van der Waals surface area contributed by atoms with Crippen LogP contribution in [0.5, 0.6) is 0 Å². The van der Waals surface area contributed by atoms with Gasteiger partial charge < -0.3 is 10.2 Å². The van der Waals surface area contributed by atoms with Gasteiger partial charge >= 0.3 is 0 Å². The number of hydrogen-bond acceptors (Lipinski definition) is 5. The number of rotatable bonds is 4. The molecule has 1 aliphatic rings. The Kier molecular flexibility index (Phi) is 5.69. The van der Waals surface area contributed by atoms with Crippen LogP contribution >= 0.6 is 11.6 Å². The van der Waals surface area contributed by atoms with Crippen LogP contribution in [0.15, 0.2) is 36.4 Å². The highest BCUT2D eigenvalue weighted by Crippen LogP contribution is 2.23. The maximum atomic E-state index is 12.7. The fraction of sp³-hybridized carbons (Fsp3) is 0.368. The molecule has 2 aromatic rings. The largest absolute Gasteiger partial charge is 0.354 e. The lowest BCUT2D eigenvalue weighted by Crippen LogP contribution is -2.44. The van der Waals surface area contributed by atoms with Crippen molar-refractivity contribution in [1.29, 1.82) is 5.26 Å². The molecule has 1 fully saturated rings. The van der Waals surface area contributed by atoms with Gasteiger partial charge in [0.05, 0.1) is 23.6 Å². The number of carbonyl (C=O) groups excluding carboxylic acids is 1. The molecular formula is C19H20ClN5O. The molecular weight excluding hydrogens is 350 g/mol. The summed E-state index contributed by atoms with van der Waals surface area (Å²) in [6, 6.07) is 12.8. The predicted molar refractivity (Wildman–Crippen MR) is 99.7 cm³/mol. The van der Waals surface area contributed by atoms with Gasteiger partial charge in [-0.15, -0.1) is 10.2 Å². The first-order chi connectivity index (χ1) is 12.6. The SMILES string of the molecule is CC(NC(=O)C1CCCN(c2ccc(Cl)nn2)C1)c1ccc(C#N)cc1. The average Bonchev–Trinajstić information content (AvgIpc) is 2.68. The predicted octanol–water partition coefficient (Wildman–Crippen LogP) is 3.10. The Morgan fingerprint density at radius 1 is 1.31 bits per heavy atom. The van der Waals surface area contributed by atoms with Gasteiger partial charge in [-0.25, -0.2) is 0 Å². The fourth-order valence-corrected chi connectivity index (χ4v) is 3.24. The molecule has 1 aromatic carbocycles. The number of halogens is 1. The summed E-state index contributed by atoms with van der Waals surface area (Å²) >= 11 is 5.79. The van der Waals surface area contributed by atoms with Crippen LogP contribution < -0.4 is 10.2 Å². The molecule has 0 spiro atoms. The second kappa shape index (κ2) is 8.15. The number of nitriles is 1. The van der Waals surface area contributed by atoms with E-state index in [0.29, 0.717) is 17.3 Å². The molecule has 2 heterocycles. The summed E-state index contributed by atoms with van der Waals surface area (Å²) in [6.45, 7) is 3.41. The van der Waals surface area contributed by atoms with Crippen molar-refractivity contribution in [2.75, 3.05) is 18.0 Å². The van der Waals surface area contributed by atoms with Gasteiger partial charge in [-0.2, -0.15) is 5.26 Å². The van der Waals surface area contributed by atoms with Crippen LogP contribution in [0.2, 0.25) is 5.15 Å². The van der Waals surface area contributed by atoms with E-state index in [4.69, 9.17) is 16.9 Å². The molecule has 1 aliphatic heterocycles. The quantitative estimate of drug-likeness (QED) is 0.895. The minimum atomic E-state index is -0.110. The van der Waals surface area contributed by atoms with E-state index in [1.54, 1.807) is 18.2 Å². The lowest BCUT2D eigenvalue weighted by atomic mass is 9.96. The van der Waals surface area contributed by atoms with E-state index in [9.17, 15) is 4.79 Å². The zero-order chi connectivity index (χ0) is 18.5. The number of amides is 1. The minimum Gasteiger partial charge on any atom is -0.354 e. The Morgan fingerprint density at radius 2 is 2.08 bits per heavy atom. The molecule has 3 rings (SSSR count). The van der Waals surface area contributed by atoms with Crippen molar-refractivity contribution in [3.63, 3.8) is 0 Å². The van der Waals surface area contributed by atoms with Crippen molar-refractivity contribution in [3.8, 4) is 6.07 Å². The summed E-state index contributed by atoms with van der Waals surface area (Å²) in [5.41, 5.74) is 1.59. The molecule has 1 amide bonds. The first kappa shape index (κ1) is 18.2. The molecule has 26 heavy (non-hydrogen) atoms. The number of hydrogen-bond donors (Lipinski definition) is 1. The van der Waals surface area contributed by atoms with Crippen LogP contribution in [0.1, 0.15) is 36.9 Å². The summed E-state index contributed by atoms with van der Waals surface area (Å²) in [5.74, 6) is 0.683. The van der Waals surface area contributed by atoms with Crippen LogP contribution in [0, 0.1) is 17.2 Å². The van der Waals surface area contributed by atoms with Crippen molar-refractivity contribution in [2.45, 2.75) is 25.8 Å². The van der Waals surface area contributed by atoms with E-state index in [2.05, 4.69) is 26.5 Å². The highest BCUT2D eigenvalue weighted by molar-refractivity contribution is 6.29. The summed E-state index contributed by atoms with van der Waals surface area (Å²) in [7, 11) is 0. The van der Waals surface area contributed by atoms with Crippen molar-refractivity contribution in [2.24, 2.45) is 5.92 Å². The number of anilines is 1. The van der Waals surface area contributed by atoms with Crippen LogP contribution in [0.3, 0.4) is 0 Å². The topological polar surface area (TPSA) is 81.9 Å². The average molecular weight is 370 g/mol. The van der Waals surface area contributed by atoms with Crippen LogP contribution in [-0.4, -0.2) is 29.2 Å². The standard InChI is InChI=1S/C19H20ClN5O/c1-13(15-6-4-14(11-21)5-7-15)22-19(26)16-3-2-10-25(12-16)18-9-8-17(20)23-24-18/h4-9,13,16H,2-3,10,12H2,1H3,(H,22,26). The smallest absolute Gasteiger partial charge is 0.225 e. The Labute approximate surface area is 157 Å². The Hall–Kier alpha value is -2.65. The van der Waals surface area contributed by atoms with Gasteiger partial charge in [0, 0.05) is 13.1 Å². The molecule has 0 aliphatic carbocycles. The Morgan fingerprint density at radius 3 is 2.73 bits per heavy atom. The third-order valence-electron chi connectivity index (χ3n) is 4.63.